The summed E-state index contributed by atoms with van der Waals surface area (Å²) in [5.41, 5.74) is 3.24. The van der Waals surface area contributed by atoms with E-state index in [2.05, 4.69) is 45.0 Å². The van der Waals surface area contributed by atoms with Crippen molar-refractivity contribution in [1.82, 2.24) is 0 Å². The maximum Gasteiger partial charge on any atom is 0.313 e. The van der Waals surface area contributed by atoms with Gasteiger partial charge in [0, 0.05) is 10.2 Å². The first kappa shape index (κ1) is 19.0. The average molecular weight is 321 g/mol. The lowest BCUT2D eigenvalue weighted by Gasteiger charge is -2.13. The van der Waals surface area contributed by atoms with Crippen LogP contribution in [0.25, 0.3) is 0 Å². The number of benzene rings is 1. The second-order valence-electron chi connectivity index (χ2n) is 7.12. The zero-order valence-corrected chi connectivity index (χ0v) is 16.9. The van der Waals surface area contributed by atoms with Gasteiger partial charge >= 0.3 is 5.97 Å². The molecule has 0 aliphatic rings. The van der Waals surface area contributed by atoms with E-state index in [0.717, 1.165) is 30.4 Å². The second kappa shape index (κ2) is 9.83. The van der Waals surface area contributed by atoms with Crippen molar-refractivity contribution >= 4 is 16.2 Å². The summed E-state index contributed by atoms with van der Waals surface area (Å²) in [6.07, 6.45) is 4.49. The van der Waals surface area contributed by atoms with E-state index in [1.807, 2.05) is 6.92 Å². The number of ether oxygens (including phenoxy) is 1. The van der Waals surface area contributed by atoms with Gasteiger partial charge in [-0.15, -0.1) is 0 Å². The predicted molar refractivity (Wildman–Crippen MR) is 97.6 cm³/mol. The average Bonchev–Trinajstić information content (AvgIpc) is 2.45. The number of rotatable bonds is 9. The number of hydrogen-bond donors (Lipinski definition) is 0. The highest BCUT2D eigenvalue weighted by molar-refractivity contribution is 6.11. The first-order valence-electron chi connectivity index (χ1n) is 8.65. The van der Waals surface area contributed by atoms with Crippen LogP contribution in [0.3, 0.4) is 0 Å². The molecule has 0 N–H and O–H groups in total. The van der Waals surface area contributed by atoms with Gasteiger partial charge in [0.25, 0.3) is 0 Å². The van der Waals surface area contributed by atoms with E-state index < -0.39 is 0 Å². The molecule has 1 rings (SSSR count). The lowest BCUT2D eigenvalue weighted by atomic mass is 9.97. The van der Waals surface area contributed by atoms with Gasteiger partial charge in [0.2, 0.25) is 0 Å². The van der Waals surface area contributed by atoms with Gasteiger partial charge in [0.1, 0.15) is 0 Å². The van der Waals surface area contributed by atoms with Crippen LogP contribution in [0.4, 0.5) is 0 Å². The maximum absolute atomic E-state index is 12.1. The molecule has 0 aromatic heterocycles. The number of carbonyl (C=O) groups is 1. The Bertz CT molecular complexity index is 437. The minimum absolute atomic E-state index is 0.101. The summed E-state index contributed by atoms with van der Waals surface area (Å²) in [6, 6.07) is 8.39. The van der Waals surface area contributed by atoms with Crippen LogP contribution in [0.2, 0.25) is 5.54 Å². The molecule has 22 heavy (non-hydrogen) atoms. The van der Waals surface area contributed by atoms with Crippen molar-refractivity contribution in [2.45, 2.75) is 64.8 Å². The molecule has 0 heterocycles. The third-order valence-electron chi connectivity index (χ3n) is 3.90. The minimum atomic E-state index is -0.175. The molecule has 2 atom stereocenters. The molecule has 0 fully saturated rings. The highest BCUT2D eigenvalue weighted by Crippen LogP contribution is 2.19. The molecule has 1 aromatic rings. The van der Waals surface area contributed by atoms with E-state index in [1.165, 1.54) is 22.2 Å². The van der Waals surface area contributed by atoms with Crippen LogP contribution in [0.15, 0.2) is 24.3 Å². The molecule has 3 heteroatoms. The van der Waals surface area contributed by atoms with Crippen LogP contribution in [0.5, 0.6) is 0 Å². The fraction of sp³-hybridized carbons (Fsp3) is 0.632. The monoisotopic (exact) mass is 320 g/mol. The smallest absolute Gasteiger partial charge is 0.313 e. The fourth-order valence-electron chi connectivity index (χ4n) is 2.50. The number of esters is 1. The first-order valence-corrected chi connectivity index (χ1v) is 9.81. The molecule has 0 bridgehead atoms. The van der Waals surface area contributed by atoms with Crippen molar-refractivity contribution < 1.29 is 9.53 Å². The van der Waals surface area contributed by atoms with Crippen LogP contribution < -0.4 is 0 Å². The van der Waals surface area contributed by atoms with Crippen molar-refractivity contribution in [3.05, 3.63) is 35.4 Å². The third-order valence-corrected chi connectivity index (χ3v) is 4.47. The van der Waals surface area contributed by atoms with Gasteiger partial charge in [-0.2, -0.15) is 0 Å². The maximum atomic E-state index is 12.1. The largest absolute Gasteiger partial charge is 0.465 e. The van der Waals surface area contributed by atoms with Crippen molar-refractivity contribution in [2.75, 3.05) is 6.61 Å². The van der Waals surface area contributed by atoms with E-state index in [1.54, 1.807) is 0 Å². The summed E-state index contributed by atoms with van der Waals surface area (Å²) in [7, 11) is 1.25. The molecule has 0 amide bonds. The molecular weight excluding hydrogens is 288 g/mol. The van der Waals surface area contributed by atoms with E-state index in [0.29, 0.717) is 12.5 Å². The van der Waals surface area contributed by atoms with E-state index in [4.69, 9.17) is 4.74 Å². The summed E-state index contributed by atoms with van der Waals surface area (Å²) in [5.74, 6) is 0.378. The lowest BCUT2D eigenvalue weighted by Crippen LogP contribution is -2.14. The Morgan fingerprint density at radius 3 is 2.27 bits per heavy atom. The molecule has 124 valence electrons. The molecule has 2 nitrogen and oxygen atoms in total. The topological polar surface area (TPSA) is 26.3 Å². The van der Waals surface area contributed by atoms with Crippen LogP contribution >= 0.6 is 0 Å². The predicted octanol–water partition coefficient (Wildman–Crippen LogP) is 3.88. The Balaban J connectivity index is 2.39. The van der Waals surface area contributed by atoms with Crippen LogP contribution in [-0.4, -0.2) is 22.8 Å². The number of unbranched alkanes of at least 4 members (excludes halogenated alkanes) is 1. The van der Waals surface area contributed by atoms with E-state index >= 15 is 0 Å². The number of hydrogen-bond acceptors (Lipinski definition) is 2. The van der Waals surface area contributed by atoms with Gasteiger partial charge in [-0.05, 0) is 36.8 Å². The molecular formula is C19H32O2Si. The zero-order chi connectivity index (χ0) is 16.5. The van der Waals surface area contributed by atoms with Gasteiger partial charge in [-0.3, -0.25) is 4.79 Å². The van der Waals surface area contributed by atoms with Gasteiger partial charge in [-0.25, -0.2) is 0 Å². The van der Waals surface area contributed by atoms with Crippen LogP contribution in [0.1, 0.15) is 64.0 Å². The van der Waals surface area contributed by atoms with Crippen molar-refractivity contribution in [3.8, 4) is 0 Å². The van der Waals surface area contributed by atoms with Crippen LogP contribution in [0, 0.1) is 5.92 Å². The van der Waals surface area contributed by atoms with Crippen molar-refractivity contribution in [3.63, 3.8) is 0 Å². The summed E-state index contributed by atoms with van der Waals surface area (Å²) in [6.45, 7) is 9.20. The Morgan fingerprint density at radius 2 is 1.73 bits per heavy atom. The Hall–Kier alpha value is -1.09. The Morgan fingerprint density at radius 1 is 1.09 bits per heavy atom. The van der Waals surface area contributed by atoms with Gasteiger partial charge < -0.3 is 4.74 Å². The highest BCUT2D eigenvalue weighted by Gasteiger charge is 2.16. The summed E-state index contributed by atoms with van der Waals surface area (Å²) < 4.78 is 5.41. The lowest BCUT2D eigenvalue weighted by molar-refractivity contribution is -0.145. The zero-order valence-electron chi connectivity index (χ0n) is 14.9. The molecule has 0 spiro atoms. The van der Waals surface area contributed by atoms with Crippen LogP contribution in [-0.2, 0) is 16.0 Å². The quantitative estimate of drug-likeness (QED) is 0.392. The van der Waals surface area contributed by atoms with Crippen molar-refractivity contribution in [2.24, 2.45) is 5.92 Å². The highest BCUT2D eigenvalue weighted by atomic mass is 28.1. The molecule has 1 aromatic carbocycles. The molecule has 0 saturated carbocycles. The summed E-state index contributed by atoms with van der Waals surface area (Å²) in [4.78, 5) is 12.1. The first-order chi connectivity index (χ1) is 10.4. The summed E-state index contributed by atoms with van der Waals surface area (Å²) in [5, 5.41) is 0. The fourth-order valence-corrected chi connectivity index (χ4v) is 2.91. The summed E-state index contributed by atoms with van der Waals surface area (Å²) >= 11 is 0. The third kappa shape index (κ3) is 7.26. The van der Waals surface area contributed by atoms with Crippen molar-refractivity contribution in [1.29, 1.82) is 0 Å². The SMILES string of the molecule is CC(C)Cc1ccc(C(C)C(=O)OCCCCC(C)[SiH3])cc1. The second-order valence-corrected chi connectivity index (χ2v) is 9.09. The van der Waals surface area contributed by atoms with E-state index in [-0.39, 0.29) is 11.9 Å². The van der Waals surface area contributed by atoms with E-state index in [9.17, 15) is 4.79 Å². The molecule has 2 unspecified atom stereocenters. The van der Waals surface area contributed by atoms with Gasteiger partial charge in [0.15, 0.2) is 0 Å². The van der Waals surface area contributed by atoms with Gasteiger partial charge in [0.05, 0.1) is 12.5 Å². The Labute approximate surface area is 139 Å². The van der Waals surface area contributed by atoms with Gasteiger partial charge in [-0.1, -0.05) is 63.4 Å². The molecule has 0 radical (unpaired) electrons. The standard InChI is InChI=1S/C19H32O2Si/c1-14(2)13-17-8-10-18(11-9-17)16(4)19(20)21-12-6-5-7-15(3)22/h8-11,14-16H,5-7,12-13H2,1-4,22H3. The molecule has 0 saturated heterocycles. The minimum Gasteiger partial charge on any atom is -0.465 e. The normalized spacial score (nSPS) is 14.0. The molecule has 0 aliphatic heterocycles. The Kier molecular flexibility index (Phi) is 8.47. The number of carbonyl (C=O) groups excluding carboxylic acids is 1. The molecule has 0 aliphatic carbocycles.